The molecule has 1 heterocycles. The molecule has 1 aromatic heterocycles. The molecule has 6 nitrogen and oxygen atoms in total. The number of rotatable bonds is 5. The van der Waals surface area contributed by atoms with E-state index < -0.39 is 0 Å². The molecule has 0 bridgehead atoms. The van der Waals surface area contributed by atoms with Crippen molar-refractivity contribution in [3.05, 3.63) is 23.2 Å². The molecule has 1 fully saturated rings. The monoisotopic (exact) mass is 463 g/mol. The highest BCUT2D eigenvalue weighted by molar-refractivity contribution is 14.0. The Hall–Kier alpha value is -1.25. The summed E-state index contributed by atoms with van der Waals surface area (Å²) >= 11 is 0. The molecule has 0 saturated heterocycles. The van der Waals surface area contributed by atoms with Crippen molar-refractivity contribution < 1.29 is 13.9 Å². The van der Waals surface area contributed by atoms with Gasteiger partial charge in [0.1, 0.15) is 11.5 Å². The molecular weight excluding hydrogens is 433 g/mol. The molecule has 142 valence electrons. The van der Waals surface area contributed by atoms with E-state index in [2.05, 4.69) is 15.6 Å². The summed E-state index contributed by atoms with van der Waals surface area (Å²) in [6.45, 7) is 6.91. The van der Waals surface area contributed by atoms with E-state index in [0.717, 1.165) is 48.7 Å². The second kappa shape index (κ2) is 10.7. The number of furan rings is 1. The molecule has 0 spiro atoms. The second-order valence-electron chi connectivity index (χ2n) is 6.31. The number of aliphatic imine (C=N–C) groups is 1. The minimum absolute atomic E-state index is 0. The molecule has 1 aliphatic rings. The van der Waals surface area contributed by atoms with E-state index in [9.17, 15) is 4.79 Å². The van der Waals surface area contributed by atoms with Crippen LogP contribution < -0.4 is 10.6 Å². The van der Waals surface area contributed by atoms with E-state index in [-0.39, 0.29) is 35.9 Å². The molecule has 7 heteroatoms. The van der Waals surface area contributed by atoms with E-state index in [0.29, 0.717) is 19.2 Å². The summed E-state index contributed by atoms with van der Waals surface area (Å²) in [4.78, 5) is 16.1. The average molecular weight is 463 g/mol. The van der Waals surface area contributed by atoms with Crippen LogP contribution in [0.4, 0.5) is 0 Å². The van der Waals surface area contributed by atoms with E-state index >= 15 is 0 Å². The predicted octanol–water partition coefficient (Wildman–Crippen LogP) is 3.30. The molecule has 1 aliphatic carbocycles. The Morgan fingerprint density at radius 1 is 1.32 bits per heavy atom. The molecule has 1 saturated carbocycles. The molecular formula is C18H30IN3O3. The second-order valence-corrected chi connectivity index (χ2v) is 6.31. The first-order valence-electron chi connectivity index (χ1n) is 8.73. The van der Waals surface area contributed by atoms with Crippen molar-refractivity contribution in [3.63, 3.8) is 0 Å². The summed E-state index contributed by atoms with van der Waals surface area (Å²) in [6.07, 6.45) is 3.64. The first-order chi connectivity index (χ1) is 11.5. The Kier molecular flexibility index (Phi) is 9.31. The van der Waals surface area contributed by atoms with Crippen LogP contribution in [0.2, 0.25) is 0 Å². The van der Waals surface area contributed by atoms with Gasteiger partial charge in [-0.1, -0.05) is 0 Å². The van der Waals surface area contributed by atoms with Gasteiger partial charge in [-0.2, -0.15) is 0 Å². The van der Waals surface area contributed by atoms with Gasteiger partial charge in [0.05, 0.1) is 12.5 Å². The van der Waals surface area contributed by atoms with Crippen molar-refractivity contribution in [3.8, 4) is 0 Å². The number of guanidine groups is 1. The Morgan fingerprint density at radius 2 is 2.00 bits per heavy atom. The first kappa shape index (κ1) is 21.8. The largest absolute Gasteiger partial charge is 0.466 e. The highest BCUT2D eigenvalue weighted by Crippen LogP contribution is 2.25. The van der Waals surface area contributed by atoms with Crippen LogP contribution in [0.25, 0.3) is 0 Å². The van der Waals surface area contributed by atoms with Gasteiger partial charge in [-0.25, -0.2) is 0 Å². The van der Waals surface area contributed by atoms with E-state index in [1.54, 1.807) is 7.05 Å². The van der Waals surface area contributed by atoms with Crippen LogP contribution in [0.3, 0.4) is 0 Å². The zero-order chi connectivity index (χ0) is 17.5. The molecule has 1 aromatic rings. The zero-order valence-corrected chi connectivity index (χ0v) is 17.9. The normalized spacial score (nSPS) is 20.6. The van der Waals surface area contributed by atoms with Gasteiger partial charge < -0.3 is 19.8 Å². The van der Waals surface area contributed by atoms with Crippen molar-refractivity contribution in [2.75, 3.05) is 13.7 Å². The first-order valence-corrected chi connectivity index (χ1v) is 8.73. The Morgan fingerprint density at radius 3 is 2.52 bits per heavy atom. The number of nitrogens with one attached hydrogen (secondary N) is 2. The number of carbonyl (C=O) groups excluding carboxylic acids is 1. The molecule has 25 heavy (non-hydrogen) atoms. The Balaban J connectivity index is 0.00000312. The minimum Gasteiger partial charge on any atom is -0.466 e. The lowest BCUT2D eigenvalue weighted by molar-refractivity contribution is -0.149. The fourth-order valence-electron chi connectivity index (χ4n) is 3.16. The van der Waals surface area contributed by atoms with Gasteiger partial charge >= 0.3 is 5.97 Å². The van der Waals surface area contributed by atoms with Crippen molar-refractivity contribution in [2.24, 2.45) is 10.9 Å². The van der Waals surface area contributed by atoms with Crippen LogP contribution in [0, 0.1) is 19.8 Å². The third kappa shape index (κ3) is 6.52. The molecule has 2 N–H and O–H groups in total. The number of nitrogens with zero attached hydrogens (tertiary/aromatic N) is 1. The summed E-state index contributed by atoms with van der Waals surface area (Å²) < 4.78 is 10.7. The van der Waals surface area contributed by atoms with E-state index in [4.69, 9.17) is 9.15 Å². The van der Waals surface area contributed by atoms with Crippen molar-refractivity contribution in [2.45, 2.75) is 59.0 Å². The fourth-order valence-corrected chi connectivity index (χ4v) is 3.16. The van der Waals surface area contributed by atoms with Gasteiger partial charge in [0.15, 0.2) is 5.96 Å². The third-order valence-electron chi connectivity index (χ3n) is 4.50. The highest BCUT2D eigenvalue weighted by Gasteiger charge is 2.27. The number of carbonyl (C=O) groups is 1. The number of hydrogen-bond donors (Lipinski definition) is 2. The number of aryl methyl sites for hydroxylation is 2. The van der Waals surface area contributed by atoms with Crippen molar-refractivity contribution in [1.29, 1.82) is 0 Å². The van der Waals surface area contributed by atoms with Crippen LogP contribution in [-0.2, 0) is 16.1 Å². The summed E-state index contributed by atoms with van der Waals surface area (Å²) in [5.74, 6) is 2.64. The minimum atomic E-state index is -0.0516. The van der Waals surface area contributed by atoms with Crippen LogP contribution in [0.1, 0.15) is 49.7 Å². The summed E-state index contributed by atoms with van der Waals surface area (Å²) in [5.41, 5.74) is 1.14. The van der Waals surface area contributed by atoms with Crippen LogP contribution >= 0.6 is 24.0 Å². The number of halogens is 1. The van der Waals surface area contributed by atoms with Crippen LogP contribution in [-0.4, -0.2) is 31.6 Å². The summed E-state index contributed by atoms with van der Waals surface area (Å²) in [5, 5.41) is 6.78. The van der Waals surface area contributed by atoms with Gasteiger partial charge in [-0.15, -0.1) is 24.0 Å². The van der Waals surface area contributed by atoms with Crippen LogP contribution in [0.15, 0.2) is 15.5 Å². The third-order valence-corrected chi connectivity index (χ3v) is 4.50. The predicted molar refractivity (Wildman–Crippen MR) is 109 cm³/mol. The average Bonchev–Trinajstić information content (AvgIpc) is 2.89. The van der Waals surface area contributed by atoms with Gasteiger partial charge in [-0.3, -0.25) is 9.79 Å². The van der Waals surface area contributed by atoms with Crippen molar-refractivity contribution >= 4 is 35.9 Å². The quantitative estimate of drug-likeness (QED) is 0.303. The maximum atomic E-state index is 11.8. The van der Waals surface area contributed by atoms with Gasteiger partial charge in [-0.05, 0) is 52.5 Å². The Labute approximate surface area is 167 Å². The molecule has 0 atom stereocenters. The molecule has 0 radical (unpaired) electrons. The number of hydrogen-bond acceptors (Lipinski definition) is 4. The molecule has 0 aliphatic heterocycles. The Bertz CT molecular complexity index is 578. The number of ether oxygens (including phenoxy) is 1. The SMILES string of the molecule is CCOC(=O)C1CCC(NC(=NC)NCc2cc(C)oc2C)CC1.I. The maximum absolute atomic E-state index is 11.8. The lowest BCUT2D eigenvalue weighted by Crippen LogP contribution is -2.45. The highest BCUT2D eigenvalue weighted by atomic mass is 127. The fraction of sp³-hybridized carbons (Fsp3) is 0.667. The lowest BCUT2D eigenvalue weighted by atomic mass is 9.86. The van der Waals surface area contributed by atoms with Gasteiger partial charge in [0, 0.05) is 25.2 Å². The maximum Gasteiger partial charge on any atom is 0.308 e. The zero-order valence-electron chi connectivity index (χ0n) is 15.6. The van der Waals surface area contributed by atoms with Crippen LogP contribution in [0.5, 0.6) is 0 Å². The smallest absolute Gasteiger partial charge is 0.308 e. The molecule has 2 rings (SSSR count). The lowest BCUT2D eigenvalue weighted by Gasteiger charge is -2.29. The standard InChI is InChI=1S/C18H29N3O3.HI/c1-5-23-17(22)14-6-8-16(9-7-14)21-18(19-4)20-11-15-10-12(2)24-13(15)3;/h10,14,16H,5-9,11H2,1-4H3,(H2,19,20,21);1H. The van der Waals surface area contributed by atoms with E-state index in [1.165, 1.54) is 0 Å². The number of esters is 1. The topological polar surface area (TPSA) is 75.9 Å². The summed E-state index contributed by atoms with van der Waals surface area (Å²) in [7, 11) is 1.77. The molecule has 0 aromatic carbocycles. The van der Waals surface area contributed by atoms with E-state index in [1.807, 2.05) is 26.8 Å². The molecule has 0 amide bonds. The summed E-state index contributed by atoms with van der Waals surface area (Å²) in [6, 6.07) is 2.38. The molecule has 0 unspecified atom stereocenters. The van der Waals surface area contributed by atoms with Gasteiger partial charge in [0.25, 0.3) is 0 Å². The van der Waals surface area contributed by atoms with Crippen molar-refractivity contribution in [1.82, 2.24) is 10.6 Å². The van der Waals surface area contributed by atoms with Gasteiger partial charge in [0.2, 0.25) is 0 Å².